The molecule has 0 saturated carbocycles. The predicted octanol–water partition coefficient (Wildman–Crippen LogP) is 5.19. The number of aryl methyl sites for hydroxylation is 2. The van der Waals surface area contributed by atoms with Crippen LogP contribution in [0, 0.1) is 0 Å². The maximum absolute atomic E-state index is 2.36. The summed E-state index contributed by atoms with van der Waals surface area (Å²) in [6.45, 7) is 5.48. The summed E-state index contributed by atoms with van der Waals surface area (Å²) in [6.07, 6.45) is 5.74. The summed E-state index contributed by atoms with van der Waals surface area (Å²) >= 11 is 0. The summed E-state index contributed by atoms with van der Waals surface area (Å²) in [7, 11) is 4.11. The number of hydrogen-bond donors (Lipinski definition) is 0. The van der Waals surface area contributed by atoms with Gasteiger partial charge < -0.3 is 4.90 Å². The summed E-state index contributed by atoms with van der Waals surface area (Å²) in [6, 6.07) is 17.7. The van der Waals surface area contributed by atoms with Crippen LogP contribution in [-0.2, 0) is 12.8 Å². The molecule has 2 aromatic rings. The van der Waals surface area contributed by atoms with Crippen LogP contribution in [-0.4, -0.2) is 25.5 Å². The van der Waals surface area contributed by atoms with E-state index in [9.17, 15) is 0 Å². The smallest absolute Gasteiger partial charge is 0.00533 e. The average molecular weight is 307 g/mol. The molecule has 0 radical (unpaired) electrons. The summed E-state index contributed by atoms with van der Waals surface area (Å²) in [5, 5.41) is 0. The van der Waals surface area contributed by atoms with Crippen LogP contribution in [0.15, 0.2) is 54.6 Å². The lowest BCUT2D eigenvalue weighted by atomic mass is 9.93. The largest absolute Gasteiger partial charge is 0.310 e. The van der Waals surface area contributed by atoms with Gasteiger partial charge in [0, 0.05) is 0 Å². The Morgan fingerprint density at radius 2 is 1.26 bits per heavy atom. The van der Waals surface area contributed by atoms with Crippen molar-refractivity contribution in [2.24, 2.45) is 0 Å². The fourth-order valence-corrected chi connectivity index (χ4v) is 2.84. The van der Waals surface area contributed by atoms with Crippen molar-refractivity contribution in [2.75, 3.05) is 20.6 Å². The lowest BCUT2D eigenvalue weighted by Gasteiger charge is -2.11. The van der Waals surface area contributed by atoms with Gasteiger partial charge in [0.2, 0.25) is 0 Å². The zero-order valence-electron chi connectivity index (χ0n) is 15.0. The zero-order valence-corrected chi connectivity index (χ0v) is 15.0. The fourth-order valence-electron chi connectivity index (χ4n) is 2.84. The molecule has 122 valence electrons. The van der Waals surface area contributed by atoms with E-state index in [1.54, 1.807) is 0 Å². The first-order valence-corrected chi connectivity index (χ1v) is 8.68. The molecule has 0 heterocycles. The van der Waals surface area contributed by atoms with E-state index < -0.39 is 0 Å². The Bertz CT molecular complexity index is 603. The van der Waals surface area contributed by atoms with Gasteiger partial charge in [-0.05, 0) is 67.7 Å². The van der Waals surface area contributed by atoms with E-state index in [1.165, 1.54) is 27.8 Å². The molecule has 3 rings (SSSR count). The second-order valence-corrected chi connectivity index (χ2v) is 6.24. The van der Waals surface area contributed by atoms with Crippen molar-refractivity contribution in [3.05, 3.63) is 76.9 Å². The third-order valence-corrected chi connectivity index (χ3v) is 4.32. The third-order valence-electron chi connectivity index (χ3n) is 4.32. The minimum atomic E-state index is 1.08. The third kappa shape index (κ3) is 4.56. The molecule has 23 heavy (non-hydrogen) atoms. The lowest BCUT2D eigenvalue weighted by molar-refractivity contribution is 0.434. The molecule has 0 bridgehead atoms. The molecule has 0 fully saturated rings. The van der Waals surface area contributed by atoms with Gasteiger partial charge in [0.1, 0.15) is 0 Å². The summed E-state index contributed by atoms with van der Waals surface area (Å²) < 4.78 is 0. The Morgan fingerprint density at radius 1 is 0.826 bits per heavy atom. The molecule has 1 aliphatic carbocycles. The fraction of sp³-hybridized carbons (Fsp3) is 0.364. The normalized spacial score (nSPS) is 12.7. The standard InChI is InChI=1S/C18H18.C4H11N/c1-2-7-18-16-10-5-3-8-14(16)12-13-15-9-4-6-11-17(15)18;1-4-5(2)3/h3-11H,2,12-13H2,1H3;4H2,1-3H3. The minimum Gasteiger partial charge on any atom is -0.310 e. The van der Waals surface area contributed by atoms with Crippen LogP contribution in [0.3, 0.4) is 0 Å². The van der Waals surface area contributed by atoms with Crippen molar-refractivity contribution in [1.29, 1.82) is 0 Å². The minimum absolute atomic E-state index is 1.08. The van der Waals surface area contributed by atoms with Gasteiger partial charge in [-0.3, -0.25) is 0 Å². The summed E-state index contributed by atoms with van der Waals surface area (Å²) in [5.41, 5.74) is 7.22. The average Bonchev–Trinajstić information content (AvgIpc) is 2.74. The molecule has 1 nitrogen and oxygen atoms in total. The highest BCUT2D eigenvalue weighted by atomic mass is 15.0. The topological polar surface area (TPSA) is 3.24 Å². The maximum atomic E-state index is 2.36. The summed E-state index contributed by atoms with van der Waals surface area (Å²) in [5.74, 6) is 0. The maximum Gasteiger partial charge on any atom is -0.00533 e. The van der Waals surface area contributed by atoms with Crippen LogP contribution in [0.25, 0.3) is 5.57 Å². The Labute approximate surface area is 141 Å². The van der Waals surface area contributed by atoms with Crippen LogP contribution in [0.5, 0.6) is 0 Å². The Hall–Kier alpha value is -1.86. The van der Waals surface area contributed by atoms with Crippen molar-refractivity contribution >= 4 is 5.57 Å². The van der Waals surface area contributed by atoms with Gasteiger partial charge in [-0.2, -0.15) is 0 Å². The van der Waals surface area contributed by atoms with E-state index in [0.29, 0.717) is 0 Å². The number of nitrogens with zero attached hydrogens (tertiary/aromatic N) is 1. The first kappa shape index (κ1) is 17.5. The van der Waals surface area contributed by atoms with Gasteiger partial charge in [-0.1, -0.05) is 68.5 Å². The molecule has 0 aliphatic heterocycles. The van der Waals surface area contributed by atoms with Crippen molar-refractivity contribution in [3.63, 3.8) is 0 Å². The lowest BCUT2D eigenvalue weighted by Crippen LogP contribution is -2.08. The Kier molecular flexibility index (Phi) is 6.61. The molecule has 0 saturated heterocycles. The van der Waals surface area contributed by atoms with Gasteiger partial charge in [0.25, 0.3) is 0 Å². The molecule has 0 N–H and O–H groups in total. The number of hydrogen-bond acceptors (Lipinski definition) is 1. The van der Waals surface area contributed by atoms with E-state index in [4.69, 9.17) is 0 Å². The second kappa shape index (κ2) is 8.69. The molecular weight excluding hydrogens is 278 g/mol. The van der Waals surface area contributed by atoms with E-state index in [-0.39, 0.29) is 0 Å². The van der Waals surface area contributed by atoms with Crippen molar-refractivity contribution in [2.45, 2.75) is 33.1 Å². The molecular formula is C22H29N. The number of rotatable bonds is 2. The van der Waals surface area contributed by atoms with Gasteiger partial charge in [-0.15, -0.1) is 0 Å². The predicted molar refractivity (Wildman–Crippen MR) is 102 cm³/mol. The molecule has 0 spiro atoms. The SMILES string of the molecule is CCC=C1c2ccccc2CCc2ccccc21.CCN(C)C. The highest BCUT2D eigenvalue weighted by Gasteiger charge is 2.16. The molecule has 0 unspecified atom stereocenters. The van der Waals surface area contributed by atoms with Crippen molar-refractivity contribution in [1.82, 2.24) is 4.90 Å². The molecule has 0 aromatic heterocycles. The van der Waals surface area contributed by atoms with Gasteiger partial charge in [-0.25, -0.2) is 0 Å². The van der Waals surface area contributed by atoms with E-state index >= 15 is 0 Å². The van der Waals surface area contributed by atoms with Gasteiger partial charge >= 0.3 is 0 Å². The van der Waals surface area contributed by atoms with Crippen LogP contribution >= 0.6 is 0 Å². The van der Waals surface area contributed by atoms with Crippen LogP contribution < -0.4 is 0 Å². The summed E-state index contributed by atoms with van der Waals surface area (Å²) in [4.78, 5) is 2.12. The highest BCUT2D eigenvalue weighted by Crippen LogP contribution is 2.33. The Morgan fingerprint density at radius 3 is 1.65 bits per heavy atom. The van der Waals surface area contributed by atoms with E-state index in [0.717, 1.165) is 25.8 Å². The number of allylic oxidation sites excluding steroid dienone is 1. The monoisotopic (exact) mass is 307 g/mol. The van der Waals surface area contributed by atoms with Crippen LogP contribution in [0.1, 0.15) is 42.5 Å². The van der Waals surface area contributed by atoms with Gasteiger partial charge in [0.15, 0.2) is 0 Å². The Balaban J connectivity index is 0.000000338. The molecule has 1 heteroatoms. The van der Waals surface area contributed by atoms with E-state index in [2.05, 4.69) is 87.4 Å². The van der Waals surface area contributed by atoms with Crippen LogP contribution in [0.4, 0.5) is 0 Å². The van der Waals surface area contributed by atoms with Crippen molar-refractivity contribution in [3.8, 4) is 0 Å². The molecule has 0 atom stereocenters. The number of fused-ring (bicyclic) bond motifs is 2. The molecule has 0 amide bonds. The van der Waals surface area contributed by atoms with Crippen molar-refractivity contribution < 1.29 is 0 Å². The first-order valence-electron chi connectivity index (χ1n) is 8.68. The molecule has 2 aromatic carbocycles. The quantitative estimate of drug-likeness (QED) is 0.737. The first-order chi connectivity index (χ1) is 11.2. The second-order valence-electron chi connectivity index (χ2n) is 6.24. The van der Waals surface area contributed by atoms with Crippen LogP contribution in [0.2, 0.25) is 0 Å². The number of benzene rings is 2. The molecule has 1 aliphatic rings. The zero-order chi connectivity index (χ0) is 16.7. The van der Waals surface area contributed by atoms with Gasteiger partial charge in [0.05, 0.1) is 0 Å². The highest BCUT2D eigenvalue weighted by molar-refractivity contribution is 5.83. The van der Waals surface area contributed by atoms with E-state index in [1.807, 2.05) is 0 Å².